The Morgan fingerprint density at radius 2 is 1.23 bits per heavy atom. The van der Waals surface area contributed by atoms with Crippen molar-refractivity contribution in [3.63, 3.8) is 0 Å². The summed E-state index contributed by atoms with van der Waals surface area (Å²) < 4.78 is 70.6. The number of fused-ring (bicyclic) bond motifs is 2. The number of nitrogens with zero attached hydrogens (tertiary/aromatic N) is 8. The van der Waals surface area contributed by atoms with Crippen LogP contribution in [-0.2, 0) is 25.4 Å². The number of aryl methyl sites for hydroxylation is 1. The summed E-state index contributed by atoms with van der Waals surface area (Å²) in [5.74, 6) is -4.17. The van der Waals surface area contributed by atoms with Crippen molar-refractivity contribution in [3.8, 4) is 0 Å². The van der Waals surface area contributed by atoms with Gasteiger partial charge in [-0.15, -0.1) is 20.4 Å². The van der Waals surface area contributed by atoms with E-state index >= 15 is 0 Å². The molecule has 43 heavy (non-hydrogen) atoms. The van der Waals surface area contributed by atoms with Crippen molar-refractivity contribution in [1.29, 1.82) is 0 Å². The van der Waals surface area contributed by atoms with E-state index < -0.39 is 29.8 Å². The van der Waals surface area contributed by atoms with Crippen LogP contribution in [0.3, 0.4) is 0 Å². The molecule has 0 bridgehead atoms. The molecule has 222 valence electrons. The maximum atomic E-state index is 13.4. The van der Waals surface area contributed by atoms with Crippen LogP contribution < -0.4 is 11.1 Å². The summed E-state index contributed by atoms with van der Waals surface area (Å²) in [7, 11) is 0. The van der Waals surface area contributed by atoms with E-state index in [-0.39, 0.29) is 42.2 Å². The van der Waals surface area contributed by atoms with E-state index in [1.165, 1.54) is 56.3 Å². The molecule has 6 aromatic rings. The second kappa shape index (κ2) is 12.0. The highest BCUT2D eigenvalue weighted by Crippen LogP contribution is 2.24. The predicted octanol–water partition coefficient (Wildman–Crippen LogP) is 3.78. The number of hydrogen-bond donors (Lipinski definition) is 0. The molecule has 0 spiro atoms. The zero-order valence-corrected chi connectivity index (χ0v) is 22.5. The number of hydrogen-bond acceptors (Lipinski definition) is 6. The van der Waals surface area contributed by atoms with Gasteiger partial charge >= 0.3 is 5.92 Å². The Labute approximate surface area is 239 Å². The van der Waals surface area contributed by atoms with Gasteiger partial charge in [-0.2, -0.15) is 8.78 Å². The zero-order chi connectivity index (χ0) is 30.7. The molecule has 0 N–H and O–H groups in total. The quantitative estimate of drug-likeness (QED) is 0.259. The summed E-state index contributed by atoms with van der Waals surface area (Å²) in [6, 6.07) is 11.8. The molecule has 0 aliphatic heterocycles. The second-order valence-corrected chi connectivity index (χ2v) is 9.58. The summed E-state index contributed by atoms with van der Waals surface area (Å²) in [4.78, 5) is 24.5. The van der Waals surface area contributed by atoms with Crippen LogP contribution in [0.5, 0.6) is 0 Å². The van der Waals surface area contributed by atoms with Gasteiger partial charge in [-0.05, 0) is 35.4 Å². The molecule has 6 rings (SSSR count). The maximum Gasteiger partial charge on any atom is 0.304 e. The van der Waals surface area contributed by atoms with Crippen LogP contribution in [0.25, 0.3) is 11.3 Å². The molecule has 0 amide bonds. The van der Waals surface area contributed by atoms with Crippen LogP contribution in [0.4, 0.5) is 22.0 Å². The fourth-order valence-corrected chi connectivity index (χ4v) is 4.36. The van der Waals surface area contributed by atoms with Crippen LogP contribution >= 0.6 is 0 Å². The SMILES string of the molecule is CC(F)(F)c1nnc2c(=O)n(Cc3cccc(F)c3)ccn12.O=c1c2nnc(CCF)n2ccn1Cc1cccc(F)c1. The van der Waals surface area contributed by atoms with E-state index in [9.17, 15) is 31.5 Å². The monoisotopic (exact) mass is 598 g/mol. The van der Waals surface area contributed by atoms with Gasteiger partial charge < -0.3 is 9.13 Å². The molecule has 4 heterocycles. The van der Waals surface area contributed by atoms with Gasteiger partial charge in [0.1, 0.15) is 17.5 Å². The number of benzene rings is 2. The van der Waals surface area contributed by atoms with E-state index in [0.717, 1.165) is 4.40 Å². The molecule has 0 fully saturated rings. The standard InChI is InChI=1S/C14H11F3N4O.C14H12F2N4O/c1-14(16,17)13-19-18-11-12(22)20(5-6-21(11)13)8-9-3-2-4-10(15)7-9;15-5-4-12-17-18-13-14(21)19(6-7-20(12)13)9-10-2-1-3-11(16)8-10/h2-7H,8H2,1H3;1-3,6-8H,4-5,9H2. The maximum absolute atomic E-state index is 13.4. The topological polar surface area (TPSA) is 104 Å². The molecule has 0 radical (unpaired) electrons. The van der Waals surface area contributed by atoms with E-state index in [1.807, 2.05) is 0 Å². The third-order valence-electron chi connectivity index (χ3n) is 6.35. The lowest BCUT2D eigenvalue weighted by molar-refractivity contribution is 0.00664. The van der Waals surface area contributed by atoms with E-state index in [1.54, 1.807) is 30.6 Å². The Morgan fingerprint density at radius 1 is 0.721 bits per heavy atom. The van der Waals surface area contributed by atoms with Crippen LogP contribution in [0, 0.1) is 11.6 Å². The first-order chi connectivity index (χ1) is 20.5. The van der Waals surface area contributed by atoms with Crippen molar-refractivity contribution < 1.29 is 22.0 Å². The number of aromatic nitrogens is 8. The predicted molar refractivity (Wildman–Crippen MR) is 145 cm³/mol. The molecule has 0 atom stereocenters. The molecular weight excluding hydrogens is 575 g/mol. The number of halogens is 5. The lowest BCUT2D eigenvalue weighted by atomic mass is 10.2. The van der Waals surface area contributed by atoms with Gasteiger partial charge in [0.15, 0.2) is 0 Å². The second-order valence-electron chi connectivity index (χ2n) is 9.58. The van der Waals surface area contributed by atoms with Crippen molar-refractivity contribution in [3.05, 3.63) is 128 Å². The summed E-state index contributed by atoms with van der Waals surface area (Å²) in [6.45, 7) is 0.463. The van der Waals surface area contributed by atoms with Crippen LogP contribution in [0.15, 0.2) is 82.9 Å². The van der Waals surface area contributed by atoms with E-state index in [2.05, 4.69) is 20.4 Å². The van der Waals surface area contributed by atoms with Crippen molar-refractivity contribution in [1.82, 2.24) is 38.3 Å². The van der Waals surface area contributed by atoms with Gasteiger partial charge in [0.2, 0.25) is 17.1 Å². The van der Waals surface area contributed by atoms with Gasteiger partial charge in [0.25, 0.3) is 11.1 Å². The summed E-state index contributed by atoms with van der Waals surface area (Å²) in [5.41, 5.74) is 0.263. The van der Waals surface area contributed by atoms with E-state index in [4.69, 9.17) is 0 Å². The van der Waals surface area contributed by atoms with E-state index in [0.29, 0.717) is 23.9 Å². The van der Waals surface area contributed by atoms with Gasteiger partial charge in [-0.25, -0.2) is 8.78 Å². The Morgan fingerprint density at radius 3 is 1.74 bits per heavy atom. The first kappa shape index (κ1) is 29.3. The molecule has 0 unspecified atom stereocenters. The van der Waals surface area contributed by atoms with Crippen molar-refractivity contribution in [2.75, 3.05) is 6.67 Å². The highest BCUT2D eigenvalue weighted by molar-refractivity contribution is 5.36. The van der Waals surface area contributed by atoms with Crippen LogP contribution in [-0.4, -0.2) is 45.0 Å². The number of alkyl halides is 3. The fourth-order valence-electron chi connectivity index (χ4n) is 4.36. The van der Waals surface area contributed by atoms with Gasteiger partial charge in [0, 0.05) is 38.1 Å². The molecule has 15 heteroatoms. The van der Waals surface area contributed by atoms with Crippen LogP contribution in [0.1, 0.15) is 29.7 Å². The largest absolute Gasteiger partial charge is 0.306 e. The molecule has 0 saturated carbocycles. The molecule has 4 aromatic heterocycles. The molecule has 2 aromatic carbocycles. The lowest BCUT2D eigenvalue weighted by Crippen LogP contribution is -2.23. The Kier molecular flexibility index (Phi) is 8.14. The first-order valence-corrected chi connectivity index (χ1v) is 12.9. The van der Waals surface area contributed by atoms with Crippen molar-refractivity contribution >= 4 is 11.3 Å². The minimum atomic E-state index is -3.21. The van der Waals surface area contributed by atoms with Gasteiger partial charge in [0.05, 0.1) is 19.8 Å². The molecule has 0 aliphatic rings. The Hall–Kier alpha value is -5.21. The summed E-state index contributed by atoms with van der Waals surface area (Å²) >= 11 is 0. The minimum Gasteiger partial charge on any atom is -0.306 e. The Bertz CT molecular complexity index is 2030. The zero-order valence-electron chi connectivity index (χ0n) is 22.5. The first-order valence-electron chi connectivity index (χ1n) is 12.9. The fraction of sp³-hybridized carbons (Fsp3) is 0.214. The molecular formula is C28H23F5N8O2. The highest BCUT2D eigenvalue weighted by atomic mass is 19.3. The molecule has 0 saturated heterocycles. The highest BCUT2D eigenvalue weighted by Gasteiger charge is 2.31. The van der Waals surface area contributed by atoms with Gasteiger partial charge in [-0.1, -0.05) is 24.3 Å². The smallest absolute Gasteiger partial charge is 0.304 e. The minimum absolute atomic E-state index is 0.106. The molecule has 10 nitrogen and oxygen atoms in total. The average molecular weight is 599 g/mol. The average Bonchev–Trinajstić information content (AvgIpc) is 3.58. The van der Waals surface area contributed by atoms with Gasteiger partial charge in [-0.3, -0.25) is 22.8 Å². The third-order valence-corrected chi connectivity index (χ3v) is 6.35. The summed E-state index contributed by atoms with van der Waals surface area (Å²) in [5, 5.41) is 14.5. The Balaban J connectivity index is 0.000000171. The van der Waals surface area contributed by atoms with Crippen LogP contribution in [0.2, 0.25) is 0 Å². The van der Waals surface area contributed by atoms with Crippen molar-refractivity contribution in [2.24, 2.45) is 0 Å². The normalized spacial score (nSPS) is 11.6. The third kappa shape index (κ3) is 6.34. The molecule has 0 aliphatic carbocycles. The van der Waals surface area contributed by atoms with Crippen molar-refractivity contribution in [2.45, 2.75) is 32.4 Å². The summed E-state index contributed by atoms with van der Waals surface area (Å²) in [6.07, 6.45) is 5.92. The lowest BCUT2D eigenvalue weighted by Gasteiger charge is -2.09. The number of rotatable bonds is 7.